The van der Waals surface area contributed by atoms with E-state index in [1.54, 1.807) is 12.5 Å². The molecule has 3 saturated carbocycles. The molecule has 5 rings (SSSR count). The molecule has 37 heavy (non-hydrogen) atoms. The number of amides is 1. The van der Waals surface area contributed by atoms with Crippen LogP contribution in [0.3, 0.4) is 0 Å². The normalized spacial score (nSPS) is 44.3. The third kappa shape index (κ3) is 4.80. The first kappa shape index (κ1) is 27.5. The number of carbonyl (C=O) groups excluding carboxylic acids is 2. The number of esters is 1. The zero-order chi connectivity index (χ0) is 26.7. The van der Waals surface area contributed by atoms with E-state index in [-0.39, 0.29) is 23.4 Å². The van der Waals surface area contributed by atoms with E-state index < -0.39 is 0 Å². The number of alkyl halides is 1. The summed E-state index contributed by atoms with van der Waals surface area (Å²) in [5.41, 5.74) is 3.52. The Hall–Kier alpha value is -1.05. The lowest BCUT2D eigenvalue weighted by atomic mass is 9.47. The van der Waals surface area contributed by atoms with Gasteiger partial charge in [0.05, 0.1) is 5.76 Å². The monoisotopic (exact) mass is 623 g/mol. The van der Waals surface area contributed by atoms with Crippen molar-refractivity contribution in [2.75, 3.05) is 6.54 Å². The van der Waals surface area contributed by atoms with Crippen LogP contribution in [0.4, 0.5) is 0 Å². The highest BCUT2D eigenvalue weighted by molar-refractivity contribution is 14.1. The Morgan fingerprint density at radius 3 is 2.65 bits per heavy atom. The molecule has 1 heterocycles. The highest BCUT2D eigenvalue weighted by Gasteiger charge is 2.65. The highest BCUT2D eigenvalue weighted by Crippen LogP contribution is 2.69. The molecule has 0 aromatic carbocycles. The molecular weight excluding hydrogens is 577 g/mol. The number of nitrogens with one attached hydrogen (secondary N) is 1. The fourth-order valence-corrected chi connectivity index (χ4v) is 10.6. The SMILES string of the molecule is CC(=O)NC[C@@H](I)C/C(C)=C1/O[C@@H]2C[C@H]3[C@H]4CC=C5C[C@@H](OC(C)=O)CC[C@]5(C)[C@@H]4CC[C@]3(C)[C@H]2[C@@H]1C. The smallest absolute Gasteiger partial charge is 0.302 e. The molecular formula is C31H46INO4. The minimum atomic E-state index is -0.145. The Morgan fingerprint density at radius 1 is 1.19 bits per heavy atom. The Morgan fingerprint density at radius 2 is 1.95 bits per heavy atom. The maximum Gasteiger partial charge on any atom is 0.302 e. The number of hydrogen-bond acceptors (Lipinski definition) is 4. The molecule has 5 nitrogen and oxygen atoms in total. The topological polar surface area (TPSA) is 64.6 Å². The molecule has 0 bridgehead atoms. The van der Waals surface area contributed by atoms with Crippen LogP contribution in [-0.2, 0) is 19.1 Å². The average molecular weight is 624 g/mol. The summed E-state index contributed by atoms with van der Waals surface area (Å²) in [7, 11) is 0. The third-order valence-corrected chi connectivity index (χ3v) is 12.1. The molecule has 0 radical (unpaired) electrons. The van der Waals surface area contributed by atoms with Crippen molar-refractivity contribution in [2.45, 2.75) is 109 Å². The molecule has 1 saturated heterocycles. The van der Waals surface area contributed by atoms with Crippen LogP contribution in [0.25, 0.3) is 0 Å². The largest absolute Gasteiger partial charge is 0.494 e. The fraction of sp³-hybridized carbons (Fsp3) is 0.806. The number of rotatable bonds is 5. The van der Waals surface area contributed by atoms with Crippen LogP contribution in [0.5, 0.6) is 0 Å². The number of hydrogen-bond donors (Lipinski definition) is 1. The molecule has 6 heteroatoms. The van der Waals surface area contributed by atoms with Gasteiger partial charge in [-0.1, -0.05) is 55.0 Å². The van der Waals surface area contributed by atoms with Crippen molar-refractivity contribution in [1.29, 1.82) is 0 Å². The molecule has 1 aliphatic heterocycles. The lowest BCUT2D eigenvalue weighted by Crippen LogP contribution is -2.51. The molecule has 0 unspecified atom stereocenters. The molecule has 5 aliphatic rings. The maximum atomic E-state index is 11.6. The van der Waals surface area contributed by atoms with E-state index in [1.165, 1.54) is 43.9 Å². The first-order valence-electron chi connectivity index (χ1n) is 14.6. The van der Waals surface area contributed by atoms with Crippen LogP contribution < -0.4 is 5.32 Å². The minimum Gasteiger partial charge on any atom is -0.494 e. The first-order valence-corrected chi connectivity index (χ1v) is 15.8. The van der Waals surface area contributed by atoms with E-state index in [4.69, 9.17) is 9.47 Å². The molecule has 4 aliphatic carbocycles. The van der Waals surface area contributed by atoms with Gasteiger partial charge in [-0.25, -0.2) is 0 Å². The lowest BCUT2D eigenvalue weighted by molar-refractivity contribution is -0.148. The van der Waals surface area contributed by atoms with Gasteiger partial charge in [0.1, 0.15) is 12.2 Å². The van der Waals surface area contributed by atoms with Gasteiger partial charge in [0.25, 0.3) is 0 Å². The van der Waals surface area contributed by atoms with Crippen LogP contribution in [0.2, 0.25) is 0 Å². The van der Waals surface area contributed by atoms with Crippen molar-refractivity contribution in [2.24, 2.45) is 40.4 Å². The van der Waals surface area contributed by atoms with Gasteiger partial charge in [-0.3, -0.25) is 9.59 Å². The zero-order valence-electron chi connectivity index (χ0n) is 23.6. The number of fused-ring (bicyclic) bond motifs is 7. The number of halogens is 1. The average Bonchev–Trinajstić information content (AvgIpc) is 3.31. The summed E-state index contributed by atoms with van der Waals surface area (Å²) < 4.78 is 12.8. The Bertz CT molecular complexity index is 1010. The zero-order valence-corrected chi connectivity index (χ0v) is 25.7. The number of carbonyl (C=O) groups is 2. The van der Waals surface area contributed by atoms with E-state index in [2.05, 4.69) is 61.7 Å². The van der Waals surface area contributed by atoms with Crippen molar-refractivity contribution in [1.82, 2.24) is 5.32 Å². The van der Waals surface area contributed by atoms with Crippen molar-refractivity contribution < 1.29 is 19.1 Å². The summed E-state index contributed by atoms with van der Waals surface area (Å²) in [5, 5.41) is 2.96. The van der Waals surface area contributed by atoms with Crippen molar-refractivity contribution in [3.05, 3.63) is 23.0 Å². The predicted molar refractivity (Wildman–Crippen MR) is 154 cm³/mol. The van der Waals surface area contributed by atoms with Gasteiger partial charge in [-0.2, -0.15) is 0 Å². The Balaban J connectivity index is 1.31. The van der Waals surface area contributed by atoms with Gasteiger partial charge in [-0.05, 0) is 86.0 Å². The molecule has 4 fully saturated rings. The Labute approximate surface area is 237 Å². The van der Waals surface area contributed by atoms with Crippen LogP contribution in [0.15, 0.2) is 23.0 Å². The van der Waals surface area contributed by atoms with E-state index >= 15 is 0 Å². The second-order valence-electron chi connectivity index (χ2n) is 13.4. The number of ether oxygens (including phenoxy) is 2. The summed E-state index contributed by atoms with van der Waals surface area (Å²) in [4.78, 5) is 22.9. The first-order chi connectivity index (χ1) is 17.4. The van der Waals surface area contributed by atoms with Crippen molar-refractivity contribution in [3.63, 3.8) is 0 Å². The highest BCUT2D eigenvalue weighted by atomic mass is 127. The molecule has 0 aromatic heterocycles. The summed E-state index contributed by atoms with van der Waals surface area (Å²) in [5.74, 6) is 4.40. The quantitative estimate of drug-likeness (QED) is 0.159. The van der Waals surface area contributed by atoms with Gasteiger partial charge in [-0.15, -0.1) is 0 Å². The Kier molecular flexibility index (Phi) is 7.56. The molecule has 0 aromatic rings. The van der Waals surface area contributed by atoms with Gasteiger partial charge < -0.3 is 14.8 Å². The second kappa shape index (κ2) is 10.2. The van der Waals surface area contributed by atoms with Gasteiger partial charge in [0.15, 0.2) is 0 Å². The van der Waals surface area contributed by atoms with Gasteiger partial charge >= 0.3 is 5.97 Å². The molecule has 1 N–H and O–H groups in total. The van der Waals surface area contributed by atoms with Crippen LogP contribution in [0, 0.1) is 40.4 Å². The number of allylic oxidation sites excluding steroid dienone is 3. The minimum absolute atomic E-state index is 0.0394. The summed E-state index contributed by atoms with van der Waals surface area (Å²) in [6.45, 7) is 13.6. The third-order valence-electron chi connectivity index (χ3n) is 11.2. The summed E-state index contributed by atoms with van der Waals surface area (Å²) >= 11 is 2.46. The van der Waals surface area contributed by atoms with Crippen LogP contribution in [-0.4, -0.2) is 34.6 Å². The van der Waals surface area contributed by atoms with E-state index in [0.29, 0.717) is 33.8 Å². The maximum absolute atomic E-state index is 11.6. The predicted octanol–water partition coefficient (Wildman–Crippen LogP) is 6.75. The molecule has 206 valence electrons. The fourth-order valence-electron chi connectivity index (χ4n) is 9.69. The van der Waals surface area contributed by atoms with Gasteiger partial charge in [0, 0.05) is 42.6 Å². The van der Waals surface area contributed by atoms with Crippen molar-refractivity contribution in [3.8, 4) is 0 Å². The van der Waals surface area contributed by atoms with Crippen LogP contribution >= 0.6 is 22.6 Å². The van der Waals surface area contributed by atoms with Gasteiger partial charge in [0.2, 0.25) is 5.91 Å². The lowest BCUT2D eigenvalue weighted by Gasteiger charge is -2.58. The molecule has 1 amide bonds. The van der Waals surface area contributed by atoms with E-state index in [1.807, 2.05) is 0 Å². The molecule has 0 spiro atoms. The molecule has 10 atom stereocenters. The van der Waals surface area contributed by atoms with Crippen molar-refractivity contribution >= 4 is 34.5 Å². The standard InChI is InChI=1S/C31H46INO4/c1-17(13-22(32)16-33-19(3)34)29-18(2)28-27(37-29)15-26-24-8-7-21-14-23(36-20(4)35)9-11-30(21,5)25(24)10-12-31(26,28)6/h7,18,22-28H,8-16H2,1-6H3,(H,33,34)/b29-17+/t18-,22-,23-,24-,25+,26-,27+,28-,30-,31-/m0/s1. The van der Waals surface area contributed by atoms with E-state index in [9.17, 15) is 9.59 Å². The van der Waals surface area contributed by atoms with Crippen LogP contribution in [0.1, 0.15) is 92.9 Å². The van der Waals surface area contributed by atoms with E-state index in [0.717, 1.165) is 43.4 Å². The summed E-state index contributed by atoms with van der Waals surface area (Å²) in [6, 6.07) is 0. The second-order valence-corrected chi connectivity index (χ2v) is 15.1. The summed E-state index contributed by atoms with van der Waals surface area (Å²) in [6.07, 6.45) is 12.0.